The van der Waals surface area contributed by atoms with Gasteiger partial charge in [-0.2, -0.15) is 0 Å². The molecule has 0 aromatic heterocycles. The van der Waals surface area contributed by atoms with Crippen molar-refractivity contribution in [2.24, 2.45) is 0 Å². The van der Waals surface area contributed by atoms with Crippen molar-refractivity contribution in [3.8, 4) is 5.75 Å². The summed E-state index contributed by atoms with van der Waals surface area (Å²) in [6.07, 6.45) is 1.13. The molecule has 0 aliphatic heterocycles. The van der Waals surface area contributed by atoms with Crippen molar-refractivity contribution in [3.05, 3.63) is 42.5 Å². The molecule has 20 heavy (non-hydrogen) atoms. The zero-order chi connectivity index (χ0) is 15.0. The molecule has 0 atom stereocenters. The van der Waals surface area contributed by atoms with E-state index in [4.69, 9.17) is 9.47 Å². The molecule has 0 saturated heterocycles. The molecule has 1 aromatic rings. The van der Waals surface area contributed by atoms with Gasteiger partial charge < -0.3 is 14.2 Å². The molecular formula is C15H18O5. The van der Waals surface area contributed by atoms with Crippen molar-refractivity contribution in [1.29, 1.82) is 0 Å². The van der Waals surface area contributed by atoms with Gasteiger partial charge >= 0.3 is 11.9 Å². The van der Waals surface area contributed by atoms with Gasteiger partial charge in [-0.1, -0.05) is 6.58 Å². The second-order valence-electron chi connectivity index (χ2n) is 4.20. The van der Waals surface area contributed by atoms with Gasteiger partial charge in [-0.25, -0.2) is 9.59 Å². The molecule has 0 unspecified atom stereocenters. The van der Waals surface area contributed by atoms with Crippen LogP contribution in [0.1, 0.15) is 24.2 Å². The Bertz CT molecular complexity index is 462. The van der Waals surface area contributed by atoms with E-state index >= 15 is 0 Å². The molecule has 0 fully saturated rings. The number of esters is 2. The summed E-state index contributed by atoms with van der Waals surface area (Å²) in [5, 5.41) is 0. The molecule has 0 saturated carbocycles. The van der Waals surface area contributed by atoms with Crippen molar-refractivity contribution < 1.29 is 23.8 Å². The first-order chi connectivity index (χ1) is 9.52. The van der Waals surface area contributed by atoms with Crippen LogP contribution in [0.2, 0.25) is 0 Å². The maximum Gasteiger partial charge on any atom is 0.338 e. The summed E-state index contributed by atoms with van der Waals surface area (Å²) in [5.41, 5.74) is 0.413. The van der Waals surface area contributed by atoms with E-state index in [0.29, 0.717) is 11.3 Å². The van der Waals surface area contributed by atoms with E-state index in [1.165, 1.54) is 0 Å². The van der Waals surface area contributed by atoms with Gasteiger partial charge in [0, 0.05) is 6.08 Å². The van der Waals surface area contributed by atoms with Gasteiger partial charge in [0.15, 0.2) is 0 Å². The second kappa shape index (κ2) is 7.99. The van der Waals surface area contributed by atoms with Gasteiger partial charge in [-0.05, 0) is 38.1 Å². The Balaban J connectivity index is 2.39. The number of ether oxygens (including phenoxy) is 3. The van der Waals surface area contributed by atoms with Crippen LogP contribution in [0.5, 0.6) is 5.75 Å². The summed E-state index contributed by atoms with van der Waals surface area (Å²) in [4.78, 5) is 22.4. The monoisotopic (exact) mass is 278 g/mol. The molecule has 1 rings (SSSR count). The standard InChI is InChI=1S/C15H18O5/c1-4-14(16)18-9-10-19-15(17)12-5-7-13(8-6-12)20-11(2)3/h4-8,11H,1,9-10H2,2-3H3. The molecule has 5 heteroatoms. The zero-order valence-electron chi connectivity index (χ0n) is 11.6. The van der Waals surface area contributed by atoms with Crippen molar-refractivity contribution in [1.82, 2.24) is 0 Å². The summed E-state index contributed by atoms with van der Waals surface area (Å²) >= 11 is 0. The molecule has 0 amide bonds. The van der Waals surface area contributed by atoms with E-state index in [-0.39, 0.29) is 19.3 Å². The minimum Gasteiger partial charge on any atom is -0.491 e. The molecule has 108 valence electrons. The van der Waals surface area contributed by atoms with Crippen LogP contribution in [0.15, 0.2) is 36.9 Å². The van der Waals surface area contributed by atoms with Gasteiger partial charge in [0.25, 0.3) is 0 Å². The lowest BCUT2D eigenvalue weighted by Gasteiger charge is -2.10. The minimum atomic E-state index is -0.545. The van der Waals surface area contributed by atoms with E-state index in [0.717, 1.165) is 6.08 Å². The lowest BCUT2D eigenvalue weighted by atomic mass is 10.2. The fourth-order valence-electron chi connectivity index (χ4n) is 1.36. The van der Waals surface area contributed by atoms with E-state index in [1.807, 2.05) is 13.8 Å². The molecule has 0 radical (unpaired) electrons. The fraction of sp³-hybridized carbons (Fsp3) is 0.333. The average Bonchev–Trinajstić information content (AvgIpc) is 2.43. The molecule has 0 bridgehead atoms. The molecule has 0 heterocycles. The topological polar surface area (TPSA) is 61.8 Å². The number of carbonyl (C=O) groups excluding carboxylic acids is 2. The van der Waals surface area contributed by atoms with E-state index < -0.39 is 11.9 Å². The van der Waals surface area contributed by atoms with Crippen molar-refractivity contribution >= 4 is 11.9 Å². The van der Waals surface area contributed by atoms with Crippen molar-refractivity contribution in [3.63, 3.8) is 0 Å². The predicted molar refractivity (Wildman–Crippen MR) is 73.6 cm³/mol. The van der Waals surface area contributed by atoms with Gasteiger partial charge in [0.2, 0.25) is 0 Å². The highest BCUT2D eigenvalue weighted by atomic mass is 16.6. The largest absolute Gasteiger partial charge is 0.491 e. The van der Waals surface area contributed by atoms with Crippen LogP contribution in [-0.2, 0) is 14.3 Å². The molecule has 0 aliphatic rings. The Labute approximate surface area is 118 Å². The van der Waals surface area contributed by atoms with Crippen LogP contribution in [0.25, 0.3) is 0 Å². The molecular weight excluding hydrogens is 260 g/mol. The van der Waals surface area contributed by atoms with Crippen LogP contribution in [0, 0.1) is 0 Å². The third-order valence-electron chi connectivity index (χ3n) is 2.19. The van der Waals surface area contributed by atoms with Crippen molar-refractivity contribution in [2.75, 3.05) is 13.2 Å². The first-order valence-corrected chi connectivity index (χ1v) is 6.26. The fourth-order valence-corrected chi connectivity index (χ4v) is 1.36. The van der Waals surface area contributed by atoms with Gasteiger partial charge in [0.1, 0.15) is 19.0 Å². The summed E-state index contributed by atoms with van der Waals surface area (Å²) in [7, 11) is 0. The maximum absolute atomic E-state index is 11.7. The Morgan fingerprint density at radius 2 is 1.75 bits per heavy atom. The van der Waals surface area contributed by atoms with Crippen LogP contribution in [-0.4, -0.2) is 31.3 Å². The average molecular weight is 278 g/mol. The van der Waals surface area contributed by atoms with Crippen LogP contribution >= 0.6 is 0 Å². The van der Waals surface area contributed by atoms with Crippen LogP contribution in [0.3, 0.4) is 0 Å². The SMILES string of the molecule is C=CC(=O)OCCOC(=O)c1ccc(OC(C)C)cc1. The van der Waals surface area contributed by atoms with Crippen LogP contribution in [0.4, 0.5) is 0 Å². The Hall–Kier alpha value is -2.30. The van der Waals surface area contributed by atoms with Gasteiger partial charge in [-0.3, -0.25) is 0 Å². The summed E-state index contributed by atoms with van der Waals surface area (Å²) in [6.45, 7) is 7.11. The quantitative estimate of drug-likeness (QED) is 0.435. The molecule has 5 nitrogen and oxygen atoms in total. The molecule has 0 aliphatic carbocycles. The van der Waals surface area contributed by atoms with Gasteiger partial charge in [-0.15, -0.1) is 0 Å². The summed E-state index contributed by atoms with van der Waals surface area (Å²) in [5.74, 6) is -0.330. The number of carbonyl (C=O) groups is 2. The third kappa shape index (κ3) is 5.56. The first kappa shape index (κ1) is 15.8. The smallest absolute Gasteiger partial charge is 0.338 e. The number of hydrogen-bond donors (Lipinski definition) is 0. The van der Waals surface area contributed by atoms with E-state index in [9.17, 15) is 9.59 Å². The van der Waals surface area contributed by atoms with Crippen LogP contribution < -0.4 is 4.74 Å². The number of rotatable bonds is 7. The lowest BCUT2D eigenvalue weighted by Crippen LogP contribution is -2.13. The maximum atomic E-state index is 11.7. The van der Waals surface area contributed by atoms with E-state index in [2.05, 4.69) is 11.3 Å². The zero-order valence-corrected chi connectivity index (χ0v) is 11.6. The highest BCUT2D eigenvalue weighted by Crippen LogP contribution is 2.14. The predicted octanol–water partition coefficient (Wildman–Crippen LogP) is 2.36. The highest BCUT2D eigenvalue weighted by Gasteiger charge is 2.08. The number of hydrogen-bond acceptors (Lipinski definition) is 5. The normalized spacial score (nSPS) is 9.95. The summed E-state index contributed by atoms with van der Waals surface area (Å²) in [6, 6.07) is 6.65. The molecule has 0 N–H and O–H groups in total. The van der Waals surface area contributed by atoms with Gasteiger partial charge in [0.05, 0.1) is 11.7 Å². The van der Waals surface area contributed by atoms with E-state index in [1.54, 1.807) is 24.3 Å². The molecule has 1 aromatic carbocycles. The summed E-state index contributed by atoms with van der Waals surface area (Å²) < 4.78 is 15.1. The minimum absolute atomic E-state index is 0.00264. The highest BCUT2D eigenvalue weighted by molar-refractivity contribution is 5.89. The Morgan fingerprint density at radius 3 is 2.30 bits per heavy atom. The lowest BCUT2D eigenvalue weighted by molar-refractivity contribution is -0.138. The molecule has 0 spiro atoms. The third-order valence-corrected chi connectivity index (χ3v) is 2.19. The Morgan fingerprint density at radius 1 is 1.15 bits per heavy atom. The van der Waals surface area contributed by atoms with Crippen molar-refractivity contribution in [2.45, 2.75) is 20.0 Å². The Kier molecular flexibility index (Phi) is 6.29. The number of benzene rings is 1. The second-order valence-corrected chi connectivity index (χ2v) is 4.20. The first-order valence-electron chi connectivity index (χ1n) is 6.26.